The monoisotopic (exact) mass is 290 g/mol. The van der Waals surface area contributed by atoms with Gasteiger partial charge >= 0.3 is 5.97 Å². The Hall–Kier alpha value is -2.08. The van der Waals surface area contributed by atoms with E-state index in [9.17, 15) is 9.59 Å². The van der Waals surface area contributed by atoms with Gasteiger partial charge < -0.3 is 10.1 Å². The van der Waals surface area contributed by atoms with Crippen LogP contribution in [0.15, 0.2) is 40.3 Å². The van der Waals surface area contributed by atoms with Crippen molar-refractivity contribution in [1.82, 2.24) is 9.97 Å². The third-order valence-corrected chi connectivity index (χ3v) is 3.66. The summed E-state index contributed by atoms with van der Waals surface area (Å²) in [4.78, 5) is 29.2. The highest BCUT2D eigenvalue weighted by Crippen LogP contribution is 2.18. The molecule has 1 aromatic carbocycles. The molecule has 0 unspecified atom stereocenters. The highest BCUT2D eigenvalue weighted by molar-refractivity contribution is 7.98. The number of aryl methyl sites for hydroxylation is 1. The summed E-state index contributed by atoms with van der Waals surface area (Å²) in [5.74, 6) is -0.318. The summed E-state index contributed by atoms with van der Waals surface area (Å²) in [6, 6.07) is 8.15. The lowest BCUT2D eigenvalue weighted by molar-refractivity contribution is 0.0697. The lowest BCUT2D eigenvalue weighted by atomic mass is 10.1. The molecule has 0 atom stereocenters. The van der Waals surface area contributed by atoms with Gasteiger partial charge in [0.05, 0.1) is 5.56 Å². The van der Waals surface area contributed by atoms with Gasteiger partial charge in [-0.05, 0) is 24.1 Å². The van der Waals surface area contributed by atoms with Gasteiger partial charge in [0, 0.05) is 17.5 Å². The van der Waals surface area contributed by atoms with Gasteiger partial charge in [0.15, 0.2) is 5.16 Å². The van der Waals surface area contributed by atoms with E-state index in [1.807, 2.05) is 6.92 Å². The molecule has 0 spiro atoms. The second-order valence-corrected chi connectivity index (χ2v) is 5.15. The molecular formula is C14H14N2O3S. The average Bonchev–Trinajstić information content (AvgIpc) is 2.45. The van der Waals surface area contributed by atoms with Gasteiger partial charge in [0.1, 0.15) is 0 Å². The Morgan fingerprint density at radius 2 is 2.05 bits per heavy atom. The van der Waals surface area contributed by atoms with Crippen molar-refractivity contribution in [3.8, 4) is 0 Å². The summed E-state index contributed by atoms with van der Waals surface area (Å²) >= 11 is 1.42. The number of carboxylic acid groups (broad SMARTS) is 1. The van der Waals surface area contributed by atoms with E-state index in [-0.39, 0.29) is 11.1 Å². The fourth-order valence-corrected chi connectivity index (χ4v) is 2.48. The molecule has 2 aromatic rings. The SMILES string of the molecule is CCc1cc(=O)[nH]c(SCc2ccc(C(=O)O)cc2)n1. The molecule has 0 radical (unpaired) electrons. The zero-order chi connectivity index (χ0) is 14.5. The number of thioether (sulfide) groups is 1. The number of aromatic carboxylic acids is 1. The molecule has 0 aliphatic rings. The normalized spacial score (nSPS) is 10.4. The minimum Gasteiger partial charge on any atom is -0.478 e. The van der Waals surface area contributed by atoms with E-state index in [1.54, 1.807) is 24.3 Å². The van der Waals surface area contributed by atoms with E-state index in [0.29, 0.717) is 17.3 Å². The second kappa shape index (κ2) is 6.38. The van der Waals surface area contributed by atoms with Crippen LogP contribution in [0.2, 0.25) is 0 Å². The number of rotatable bonds is 5. The van der Waals surface area contributed by atoms with Gasteiger partial charge in [-0.1, -0.05) is 30.8 Å². The van der Waals surface area contributed by atoms with Crippen LogP contribution in [0, 0.1) is 0 Å². The first-order valence-corrected chi connectivity index (χ1v) is 7.12. The predicted octanol–water partition coefficient (Wildman–Crippen LogP) is 2.32. The van der Waals surface area contributed by atoms with Gasteiger partial charge in [-0.3, -0.25) is 4.79 Å². The van der Waals surface area contributed by atoms with E-state index in [4.69, 9.17) is 5.11 Å². The predicted molar refractivity (Wildman–Crippen MR) is 77.2 cm³/mol. The topological polar surface area (TPSA) is 83.0 Å². The lowest BCUT2D eigenvalue weighted by Crippen LogP contribution is -2.09. The molecule has 0 saturated carbocycles. The number of carbonyl (C=O) groups is 1. The Balaban J connectivity index is 2.06. The number of H-pyrrole nitrogens is 1. The van der Waals surface area contributed by atoms with E-state index < -0.39 is 5.97 Å². The van der Waals surface area contributed by atoms with Crippen molar-refractivity contribution >= 4 is 17.7 Å². The molecule has 0 fully saturated rings. The number of carboxylic acids is 1. The Morgan fingerprint density at radius 1 is 1.35 bits per heavy atom. The van der Waals surface area contributed by atoms with Gasteiger partial charge in [0.2, 0.25) is 0 Å². The number of aromatic nitrogens is 2. The molecule has 1 aromatic heterocycles. The molecule has 20 heavy (non-hydrogen) atoms. The van der Waals surface area contributed by atoms with Crippen molar-refractivity contribution in [3.05, 3.63) is 57.5 Å². The van der Waals surface area contributed by atoms with Crippen LogP contribution in [0.1, 0.15) is 28.5 Å². The third-order valence-electron chi connectivity index (χ3n) is 2.71. The van der Waals surface area contributed by atoms with Crippen molar-refractivity contribution < 1.29 is 9.90 Å². The Labute approximate surface area is 120 Å². The molecule has 0 amide bonds. The third kappa shape index (κ3) is 3.71. The maximum atomic E-state index is 11.4. The van der Waals surface area contributed by atoms with Crippen molar-refractivity contribution in [3.63, 3.8) is 0 Å². The summed E-state index contributed by atoms with van der Waals surface area (Å²) in [6.45, 7) is 1.95. The summed E-state index contributed by atoms with van der Waals surface area (Å²) < 4.78 is 0. The molecule has 0 saturated heterocycles. The largest absolute Gasteiger partial charge is 0.478 e. The van der Waals surface area contributed by atoms with E-state index >= 15 is 0 Å². The minimum atomic E-state index is -0.939. The zero-order valence-corrected chi connectivity index (χ0v) is 11.7. The van der Waals surface area contributed by atoms with Crippen LogP contribution in [0.3, 0.4) is 0 Å². The quantitative estimate of drug-likeness (QED) is 0.652. The fraction of sp³-hybridized carbons (Fsp3) is 0.214. The summed E-state index contributed by atoms with van der Waals surface area (Å²) in [5, 5.41) is 9.40. The van der Waals surface area contributed by atoms with Crippen LogP contribution < -0.4 is 5.56 Å². The Kier molecular flexibility index (Phi) is 4.57. The van der Waals surface area contributed by atoms with Crippen LogP contribution in [0.4, 0.5) is 0 Å². The van der Waals surface area contributed by atoms with Gasteiger partial charge in [-0.15, -0.1) is 0 Å². The van der Waals surface area contributed by atoms with Crippen LogP contribution in [-0.4, -0.2) is 21.0 Å². The fourth-order valence-electron chi connectivity index (χ4n) is 1.63. The maximum absolute atomic E-state index is 11.4. The summed E-state index contributed by atoms with van der Waals surface area (Å²) in [5.41, 5.74) is 1.85. The number of nitrogens with zero attached hydrogens (tertiary/aromatic N) is 1. The number of benzene rings is 1. The first-order valence-electron chi connectivity index (χ1n) is 6.13. The Morgan fingerprint density at radius 3 is 2.65 bits per heavy atom. The average molecular weight is 290 g/mol. The molecule has 104 valence electrons. The van der Waals surface area contributed by atoms with Gasteiger partial charge in [-0.2, -0.15) is 0 Å². The molecule has 5 nitrogen and oxygen atoms in total. The molecule has 0 aliphatic carbocycles. The number of hydrogen-bond donors (Lipinski definition) is 2. The highest BCUT2D eigenvalue weighted by atomic mass is 32.2. The zero-order valence-electron chi connectivity index (χ0n) is 10.9. The second-order valence-electron chi connectivity index (χ2n) is 4.19. The summed E-state index contributed by atoms with van der Waals surface area (Å²) in [7, 11) is 0. The minimum absolute atomic E-state index is 0.152. The van der Waals surface area contributed by atoms with Crippen LogP contribution in [0.25, 0.3) is 0 Å². The van der Waals surface area contributed by atoms with Crippen molar-refractivity contribution in [2.24, 2.45) is 0 Å². The number of aromatic amines is 1. The van der Waals surface area contributed by atoms with Crippen LogP contribution in [0.5, 0.6) is 0 Å². The standard InChI is InChI=1S/C14H14N2O3S/c1-2-11-7-12(17)16-14(15-11)20-8-9-3-5-10(6-4-9)13(18)19/h3-7H,2,8H2,1H3,(H,18,19)(H,15,16,17). The molecule has 6 heteroatoms. The molecule has 2 N–H and O–H groups in total. The highest BCUT2D eigenvalue weighted by Gasteiger charge is 2.04. The van der Waals surface area contributed by atoms with Crippen LogP contribution >= 0.6 is 11.8 Å². The maximum Gasteiger partial charge on any atom is 0.335 e. The van der Waals surface area contributed by atoms with E-state index in [1.165, 1.54) is 17.8 Å². The van der Waals surface area contributed by atoms with E-state index in [2.05, 4.69) is 9.97 Å². The van der Waals surface area contributed by atoms with Crippen molar-refractivity contribution in [2.75, 3.05) is 0 Å². The van der Waals surface area contributed by atoms with E-state index in [0.717, 1.165) is 11.3 Å². The van der Waals surface area contributed by atoms with Crippen molar-refractivity contribution in [2.45, 2.75) is 24.3 Å². The first-order chi connectivity index (χ1) is 9.58. The van der Waals surface area contributed by atoms with Gasteiger partial charge in [0.25, 0.3) is 5.56 Å². The summed E-state index contributed by atoms with van der Waals surface area (Å²) in [6.07, 6.45) is 0.713. The van der Waals surface area contributed by atoms with Crippen molar-refractivity contribution in [1.29, 1.82) is 0 Å². The molecule has 1 heterocycles. The molecule has 2 rings (SSSR count). The smallest absolute Gasteiger partial charge is 0.335 e. The molecular weight excluding hydrogens is 276 g/mol. The first kappa shape index (κ1) is 14.3. The van der Waals surface area contributed by atoms with Gasteiger partial charge in [-0.25, -0.2) is 9.78 Å². The molecule has 0 bridgehead atoms. The number of hydrogen-bond acceptors (Lipinski definition) is 4. The van der Waals surface area contributed by atoms with Crippen LogP contribution in [-0.2, 0) is 12.2 Å². The molecule has 0 aliphatic heterocycles. The number of nitrogens with one attached hydrogen (secondary N) is 1. The Bertz CT molecular complexity index is 665. The lowest BCUT2D eigenvalue weighted by Gasteiger charge is -2.03.